The first-order chi connectivity index (χ1) is 8.26. The third-order valence-electron chi connectivity index (χ3n) is 1.93. The fourth-order valence-electron chi connectivity index (χ4n) is 1.25. The highest BCUT2D eigenvalue weighted by molar-refractivity contribution is 5.72. The quantitative estimate of drug-likeness (QED) is 0.336. The molecule has 1 aromatic carbocycles. The molecule has 1 aromatic rings. The van der Waals surface area contributed by atoms with Gasteiger partial charge in [0.15, 0.2) is 0 Å². The molecule has 17 heavy (non-hydrogen) atoms. The molecule has 0 saturated heterocycles. The van der Waals surface area contributed by atoms with E-state index in [1.54, 1.807) is 37.3 Å². The first-order valence-electron chi connectivity index (χ1n) is 5.23. The standard InChI is InChI=1S/C12H13N3O2/c1-2-17-12(16)8-4-6-10-5-3-7-11(9-10)14-15-13/h3-7,9H,2,8H2,1H3. The van der Waals surface area contributed by atoms with Gasteiger partial charge in [0.1, 0.15) is 0 Å². The Labute approximate surface area is 99.3 Å². The minimum atomic E-state index is -0.255. The van der Waals surface area contributed by atoms with E-state index in [9.17, 15) is 4.79 Å². The summed E-state index contributed by atoms with van der Waals surface area (Å²) < 4.78 is 4.79. The van der Waals surface area contributed by atoms with Gasteiger partial charge in [-0.3, -0.25) is 4.79 Å². The summed E-state index contributed by atoms with van der Waals surface area (Å²) in [4.78, 5) is 13.8. The maximum Gasteiger partial charge on any atom is 0.309 e. The van der Waals surface area contributed by atoms with Gasteiger partial charge >= 0.3 is 5.97 Å². The second-order valence-electron chi connectivity index (χ2n) is 3.20. The van der Waals surface area contributed by atoms with Crippen LogP contribution in [0.5, 0.6) is 0 Å². The minimum Gasteiger partial charge on any atom is -0.466 e. The number of esters is 1. The van der Waals surface area contributed by atoms with Crippen LogP contribution in [0, 0.1) is 0 Å². The van der Waals surface area contributed by atoms with Crippen LogP contribution in [0.4, 0.5) is 5.69 Å². The molecule has 0 aliphatic carbocycles. The van der Waals surface area contributed by atoms with Gasteiger partial charge in [0.2, 0.25) is 0 Å². The second-order valence-corrected chi connectivity index (χ2v) is 3.20. The van der Waals surface area contributed by atoms with Crippen LogP contribution in [0.15, 0.2) is 35.5 Å². The van der Waals surface area contributed by atoms with Crippen molar-refractivity contribution < 1.29 is 9.53 Å². The average molecular weight is 231 g/mol. The molecular formula is C12H13N3O2. The maximum atomic E-state index is 11.1. The van der Waals surface area contributed by atoms with Gasteiger partial charge in [0.25, 0.3) is 0 Å². The molecule has 0 fully saturated rings. The Morgan fingerprint density at radius 3 is 3.12 bits per heavy atom. The van der Waals surface area contributed by atoms with Gasteiger partial charge in [-0.05, 0) is 24.1 Å². The fourth-order valence-corrected chi connectivity index (χ4v) is 1.25. The van der Waals surface area contributed by atoms with Crippen molar-refractivity contribution in [1.29, 1.82) is 0 Å². The molecule has 0 atom stereocenters. The van der Waals surface area contributed by atoms with Gasteiger partial charge < -0.3 is 4.74 Å². The molecule has 0 aromatic heterocycles. The van der Waals surface area contributed by atoms with Gasteiger partial charge in [-0.2, -0.15) is 0 Å². The highest BCUT2D eigenvalue weighted by Gasteiger charge is 1.96. The number of carbonyl (C=O) groups is 1. The molecule has 88 valence electrons. The van der Waals surface area contributed by atoms with Crippen molar-refractivity contribution in [3.05, 3.63) is 46.3 Å². The molecule has 0 aliphatic rings. The zero-order chi connectivity index (χ0) is 12.5. The molecule has 0 N–H and O–H groups in total. The van der Waals surface area contributed by atoms with Crippen molar-refractivity contribution in [2.24, 2.45) is 5.11 Å². The minimum absolute atomic E-state index is 0.236. The number of hydrogen-bond acceptors (Lipinski definition) is 3. The van der Waals surface area contributed by atoms with E-state index in [2.05, 4.69) is 10.0 Å². The van der Waals surface area contributed by atoms with Crippen LogP contribution in [0.2, 0.25) is 0 Å². The molecule has 0 amide bonds. The Kier molecular flexibility index (Phi) is 5.34. The molecule has 0 saturated carbocycles. The summed E-state index contributed by atoms with van der Waals surface area (Å²) in [7, 11) is 0. The van der Waals surface area contributed by atoms with E-state index in [4.69, 9.17) is 10.3 Å². The Bertz CT molecular complexity index is 463. The molecule has 0 radical (unpaired) electrons. The van der Waals surface area contributed by atoms with Crippen LogP contribution in [0.25, 0.3) is 16.5 Å². The molecule has 0 spiro atoms. The summed E-state index contributed by atoms with van der Waals surface area (Å²) in [5, 5.41) is 3.49. The summed E-state index contributed by atoms with van der Waals surface area (Å²) >= 11 is 0. The van der Waals surface area contributed by atoms with Crippen molar-refractivity contribution in [2.45, 2.75) is 13.3 Å². The Morgan fingerprint density at radius 2 is 2.41 bits per heavy atom. The van der Waals surface area contributed by atoms with E-state index >= 15 is 0 Å². The van der Waals surface area contributed by atoms with E-state index in [-0.39, 0.29) is 12.4 Å². The molecule has 5 nitrogen and oxygen atoms in total. The number of nitrogens with zero attached hydrogens (tertiary/aromatic N) is 3. The normalized spacial score (nSPS) is 9.94. The van der Waals surface area contributed by atoms with Crippen LogP contribution >= 0.6 is 0 Å². The number of azide groups is 1. The Balaban J connectivity index is 2.62. The SMILES string of the molecule is CCOC(=O)CC=Cc1cccc(N=[N+]=[N-])c1. The second kappa shape index (κ2) is 7.09. The molecular weight excluding hydrogens is 218 g/mol. The topological polar surface area (TPSA) is 75.1 Å². The molecule has 5 heteroatoms. The van der Waals surface area contributed by atoms with Crippen LogP contribution in [-0.4, -0.2) is 12.6 Å². The van der Waals surface area contributed by atoms with Crippen LogP contribution in [0.1, 0.15) is 18.9 Å². The van der Waals surface area contributed by atoms with Gasteiger partial charge in [0.05, 0.1) is 13.0 Å². The van der Waals surface area contributed by atoms with Crippen molar-refractivity contribution in [3.8, 4) is 0 Å². The summed E-state index contributed by atoms with van der Waals surface area (Å²) in [6.45, 7) is 2.16. The zero-order valence-corrected chi connectivity index (χ0v) is 9.54. The van der Waals surface area contributed by atoms with Crippen LogP contribution in [-0.2, 0) is 9.53 Å². The summed E-state index contributed by atoms with van der Waals surface area (Å²) in [5.74, 6) is -0.255. The lowest BCUT2D eigenvalue weighted by Crippen LogP contribution is -2.01. The van der Waals surface area contributed by atoms with Crippen molar-refractivity contribution >= 4 is 17.7 Å². The van der Waals surface area contributed by atoms with E-state index in [0.717, 1.165) is 5.56 Å². The van der Waals surface area contributed by atoms with Crippen molar-refractivity contribution in [1.82, 2.24) is 0 Å². The summed E-state index contributed by atoms with van der Waals surface area (Å²) in [6.07, 6.45) is 3.74. The average Bonchev–Trinajstić information content (AvgIpc) is 2.30. The fraction of sp³-hybridized carbons (Fsp3) is 0.250. The lowest BCUT2D eigenvalue weighted by atomic mass is 10.2. The summed E-state index contributed by atoms with van der Waals surface area (Å²) in [6, 6.07) is 7.09. The first-order valence-corrected chi connectivity index (χ1v) is 5.23. The monoisotopic (exact) mass is 231 g/mol. The molecule has 0 heterocycles. The van der Waals surface area contributed by atoms with E-state index in [1.807, 2.05) is 6.07 Å². The van der Waals surface area contributed by atoms with Crippen molar-refractivity contribution in [2.75, 3.05) is 6.61 Å². The number of carbonyl (C=O) groups excluding carboxylic acids is 1. The predicted molar refractivity (Wildman–Crippen MR) is 65.5 cm³/mol. The molecule has 0 bridgehead atoms. The highest BCUT2D eigenvalue weighted by Crippen LogP contribution is 2.15. The van der Waals surface area contributed by atoms with Crippen molar-refractivity contribution in [3.63, 3.8) is 0 Å². The third kappa shape index (κ3) is 4.86. The molecule has 1 rings (SSSR count). The smallest absolute Gasteiger partial charge is 0.309 e. The van der Waals surface area contributed by atoms with Gasteiger partial charge in [-0.15, -0.1) is 0 Å². The molecule has 0 aliphatic heterocycles. The Hall–Kier alpha value is -2.26. The van der Waals surface area contributed by atoms with Gasteiger partial charge in [-0.1, -0.05) is 35.5 Å². The lowest BCUT2D eigenvalue weighted by molar-refractivity contribution is -0.142. The Morgan fingerprint density at radius 1 is 1.59 bits per heavy atom. The molecule has 0 unspecified atom stereocenters. The zero-order valence-electron chi connectivity index (χ0n) is 9.54. The number of hydrogen-bond donors (Lipinski definition) is 0. The van der Waals surface area contributed by atoms with E-state index in [1.165, 1.54) is 0 Å². The largest absolute Gasteiger partial charge is 0.466 e. The number of rotatable bonds is 5. The van der Waals surface area contributed by atoms with Crippen LogP contribution in [0.3, 0.4) is 0 Å². The number of benzene rings is 1. The number of ether oxygens (including phenoxy) is 1. The lowest BCUT2D eigenvalue weighted by Gasteiger charge is -1.97. The summed E-state index contributed by atoms with van der Waals surface area (Å²) in [5.41, 5.74) is 9.72. The predicted octanol–water partition coefficient (Wildman–Crippen LogP) is 3.59. The van der Waals surface area contributed by atoms with E-state index < -0.39 is 0 Å². The first kappa shape index (κ1) is 12.8. The maximum absolute atomic E-state index is 11.1. The van der Waals surface area contributed by atoms with E-state index in [0.29, 0.717) is 12.3 Å². The van der Waals surface area contributed by atoms with Gasteiger partial charge in [-0.25, -0.2) is 0 Å². The van der Waals surface area contributed by atoms with Gasteiger partial charge in [0, 0.05) is 10.6 Å². The third-order valence-corrected chi connectivity index (χ3v) is 1.93. The highest BCUT2D eigenvalue weighted by atomic mass is 16.5. The van der Waals surface area contributed by atoms with Crippen LogP contribution < -0.4 is 0 Å².